The summed E-state index contributed by atoms with van der Waals surface area (Å²) in [5, 5.41) is 65.8. The molecule has 1 fully saturated rings. The van der Waals surface area contributed by atoms with Gasteiger partial charge in [0, 0.05) is 12.6 Å². The molecule has 42 heavy (non-hydrogen) atoms. The summed E-state index contributed by atoms with van der Waals surface area (Å²) in [7, 11) is 0. The third kappa shape index (κ3) is 55.9. The Morgan fingerprint density at radius 2 is 0.905 bits per heavy atom. The Morgan fingerprint density at radius 3 is 1.17 bits per heavy atom. The highest BCUT2D eigenvalue weighted by Gasteiger charge is 2.16. The van der Waals surface area contributed by atoms with Gasteiger partial charge in [-0.05, 0) is 12.8 Å². The molecular weight excluding hydrogens is 576 g/mol. The van der Waals surface area contributed by atoms with Crippen LogP contribution in [0.5, 0.6) is 0 Å². The van der Waals surface area contributed by atoms with Crippen LogP contribution in [-0.4, -0.2) is 142 Å². The maximum atomic E-state index is 9.98. The highest BCUT2D eigenvalue weighted by atomic mass is 16.4. The summed E-state index contributed by atoms with van der Waals surface area (Å²) in [6.45, 7) is -1.10. The summed E-state index contributed by atoms with van der Waals surface area (Å²) in [4.78, 5) is 78.1. The van der Waals surface area contributed by atoms with E-state index in [4.69, 9.17) is 35.7 Å². The van der Waals surface area contributed by atoms with Crippen LogP contribution in [0.2, 0.25) is 0 Å². The smallest absolute Gasteiger partial charge is 0.317 e. The van der Waals surface area contributed by atoms with E-state index < -0.39 is 47.7 Å². The molecule has 0 aromatic carbocycles. The number of rotatable bonds is 17. The highest BCUT2D eigenvalue weighted by molar-refractivity contribution is 5.77. The van der Waals surface area contributed by atoms with Gasteiger partial charge in [-0.2, -0.15) is 0 Å². The van der Waals surface area contributed by atoms with E-state index in [1.54, 1.807) is 0 Å². The molecule has 0 aromatic heterocycles. The van der Waals surface area contributed by atoms with Crippen molar-refractivity contribution >= 4 is 47.7 Å². The molecule has 21 nitrogen and oxygen atoms in total. The average Bonchev–Trinajstić information content (AvgIpc) is 2.81. The van der Waals surface area contributed by atoms with E-state index in [-0.39, 0.29) is 58.8 Å². The molecule has 0 radical (unpaired) electrons. The zero-order chi connectivity index (χ0) is 33.5. The van der Waals surface area contributed by atoms with Gasteiger partial charge in [-0.25, -0.2) is 0 Å². The van der Waals surface area contributed by atoms with Crippen LogP contribution in [0, 0.1) is 0 Å². The number of aliphatic carboxylic acids is 7. The van der Waals surface area contributed by atoms with Crippen molar-refractivity contribution in [2.45, 2.75) is 31.7 Å². The fraction of sp³-hybridized carbons (Fsp3) is 0.619. The summed E-state index contributed by atoms with van der Waals surface area (Å²) in [6.07, 6.45) is 3.49. The number of hydrogen-bond acceptors (Lipinski definition) is 13. The molecule has 0 aliphatic heterocycles. The molecule has 1 amide bonds. The lowest BCUT2D eigenvalue weighted by molar-refractivity contribution is -0.138. The summed E-state index contributed by atoms with van der Waals surface area (Å²) in [5.74, 6) is -7.32. The molecule has 1 aliphatic rings. The van der Waals surface area contributed by atoms with Crippen molar-refractivity contribution < 1.29 is 74.1 Å². The molecular formula is C21H40N6O15. The maximum Gasteiger partial charge on any atom is 0.317 e. The number of carbonyl (C=O) groups excluding carboxylic acids is 1. The van der Waals surface area contributed by atoms with Gasteiger partial charge in [0.1, 0.15) is 0 Å². The van der Waals surface area contributed by atoms with Gasteiger partial charge in [0.15, 0.2) is 0 Å². The standard InChI is InChI=1S/C6H11NO2.C5H9NO4.C4H8N2O3.C4H7NO4.C2H5NO2/c8-6(9)4-7-5-2-1-3-5;7-4(8)1-2-6-3-5(9)10;5-3(7)1-6-2-4(8)9;6-3(7)1-5-2-4(8)9;3-1-2(4)5/h5,7H,1-4H2,(H,8,9);6H,1-3H2,(H,7,8)(H,9,10);6H,1-2H2,(H2,5,7)(H,8,9);5H,1-2H2,(H,6,7)(H,8,9);1,3H2,(H,4,5). The minimum Gasteiger partial charge on any atom is -0.481 e. The predicted molar refractivity (Wildman–Crippen MR) is 141 cm³/mol. The van der Waals surface area contributed by atoms with Crippen molar-refractivity contribution in [1.82, 2.24) is 21.3 Å². The maximum absolute atomic E-state index is 9.98. The van der Waals surface area contributed by atoms with Crippen LogP contribution in [0.15, 0.2) is 0 Å². The van der Waals surface area contributed by atoms with E-state index in [2.05, 4.69) is 32.7 Å². The molecule has 0 heterocycles. The molecule has 15 N–H and O–H groups in total. The molecule has 21 heteroatoms. The Kier molecular flexibility index (Phi) is 33.0. The Labute approximate surface area is 239 Å². The number of nitrogens with two attached hydrogens (primary N) is 2. The number of carboxylic acids is 7. The number of primary amides is 1. The molecule has 0 bridgehead atoms. The van der Waals surface area contributed by atoms with E-state index in [1.165, 1.54) is 6.42 Å². The lowest BCUT2D eigenvalue weighted by Crippen LogP contribution is -2.38. The molecule has 0 aromatic rings. The van der Waals surface area contributed by atoms with Gasteiger partial charge in [0.25, 0.3) is 0 Å². The third-order valence-corrected chi connectivity index (χ3v) is 3.74. The molecule has 244 valence electrons. The second-order valence-electron chi connectivity index (χ2n) is 7.57. The van der Waals surface area contributed by atoms with Crippen LogP contribution in [0.1, 0.15) is 25.7 Å². The van der Waals surface area contributed by atoms with Crippen molar-refractivity contribution in [3.63, 3.8) is 0 Å². The minimum absolute atomic E-state index is 0.0483. The first-order valence-electron chi connectivity index (χ1n) is 11.8. The number of carboxylic acid groups (broad SMARTS) is 7. The molecule has 0 unspecified atom stereocenters. The first-order valence-corrected chi connectivity index (χ1v) is 11.8. The summed E-state index contributed by atoms with van der Waals surface area (Å²) in [6, 6.07) is 0.487. The quantitative estimate of drug-likeness (QED) is 0.0682. The zero-order valence-corrected chi connectivity index (χ0v) is 22.6. The lowest BCUT2D eigenvalue weighted by atomic mass is 9.93. The number of nitrogens with one attached hydrogen (secondary N) is 4. The SMILES string of the molecule is NC(=O)CNCC(=O)O.NCC(=O)O.O=C(O)CCNCC(=O)O.O=C(O)CNC1CCC1.O=C(O)CNCC(=O)O. The first-order chi connectivity index (χ1) is 19.4. The van der Waals surface area contributed by atoms with Gasteiger partial charge in [-0.15, -0.1) is 0 Å². The second-order valence-corrected chi connectivity index (χ2v) is 7.57. The van der Waals surface area contributed by atoms with E-state index in [0.717, 1.165) is 12.8 Å². The Morgan fingerprint density at radius 1 is 0.548 bits per heavy atom. The first kappa shape index (κ1) is 44.6. The zero-order valence-electron chi connectivity index (χ0n) is 22.6. The summed E-state index contributed by atoms with van der Waals surface area (Å²) >= 11 is 0. The van der Waals surface area contributed by atoms with Gasteiger partial charge >= 0.3 is 41.8 Å². The van der Waals surface area contributed by atoms with Gasteiger partial charge in [-0.1, -0.05) is 6.42 Å². The predicted octanol–water partition coefficient (Wildman–Crippen LogP) is -4.73. The monoisotopic (exact) mass is 616 g/mol. The number of carbonyl (C=O) groups is 8. The molecule has 0 atom stereocenters. The van der Waals surface area contributed by atoms with Crippen molar-refractivity contribution in [1.29, 1.82) is 0 Å². The number of amides is 1. The van der Waals surface area contributed by atoms with E-state index in [0.29, 0.717) is 6.04 Å². The van der Waals surface area contributed by atoms with Crippen molar-refractivity contribution in [3.8, 4) is 0 Å². The van der Waals surface area contributed by atoms with Crippen LogP contribution >= 0.6 is 0 Å². The highest BCUT2D eigenvalue weighted by Crippen LogP contribution is 2.17. The molecule has 0 spiro atoms. The van der Waals surface area contributed by atoms with Crippen LogP contribution in [0.3, 0.4) is 0 Å². The van der Waals surface area contributed by atoms with Crippen LogP contribution in [0.4, 0.5) is 0 Å². The Hall–Kier alpha value is -4.44. The summed E-state index contributed by atoms with van der Waals surface area (Å²) < 4.78 is 0. The number of hydrogen-bond donors (Lipinski definition) is 13. The van der Waals surface area contributed by atoms with Crippen LogP contribution in [0.25, 0.3) is 0 Å². The molecule has 1 saturated carbocycles. The second kappa shape index (κ2) is 31.1. The largest absolute Gasteiger partial charge is 0.481 e. The van der Waals surface area contributed by atoms with Crippen molar-refractivity contribution in [2.24, 2.45) is 11.5 Å². The Bertz CT molecular complexity index is 763. The van der Waals surface area contributed by atoms with E-state index in [9.17, 15) is 38.4 Å². The van der Waals surface area contributed by atoms with Crippen LogP contribution < -0.4 is 32.7 Å². The lowest BCUT2D eigenvalue weighted by Gasteiger charge is -2.25. The van der Waals surface area contributed by atoms with Gasteiger partial charge in [0.2, 0.25) is 5.91 Å². The fourth-order valence-electron chi connectivity index (χ4n) is 1.80. The molecule has 0 saturated heterocycles. The molecule has 1 rings (SSSR count). The minimum atomic E-state index is -1.06. The van der Waals surface area contributed by atoms with E-state index >= 15 is 0 Å². The fourth-order valence-corrected chi connectivity index (χ4v) is 1.80. The Balaban J connectivity index is -0.000000218. The summed E-state index contributed by atoms with van der Waals surface area (Å²) in [5.41, 5.74) is 9.26. The van der Waals surface area contributed by atoms with Gasteiger partial charge in [0.05, 0.1) is 52.2 Å². The van der Waals surface area contributed by atoms with Crippen LogP contribution in [-0.2, 0) is 38.4 Å². The van der Waals surface area contributed by atoms with Gasteiger partial charge < -0.3 is 57.8 Å². The van der Waals surface area contributed by atoms with Crippen molar-refractivity contribution in [3.05, 3.63) is 0 Å². The topological polar surface area (TPSA) is 378 Å². The molecule has 1 aliphatic carbocycles. The average molecular weight is 617 g/mol. The third-order valence-electron chi connectivity index (χ3n) is 3.74. The normalized spacial score (nSPS) is 11.0. The van der Waals surface area contributed by atoms with E-state index in [1.807, 2.05) is 0 Å². The van der Waals surface area contributed by atoms with Crippen molar-refractivity contribution in [2.75, 3.05) is 52.4 Å². The van der Waals surface area contributed by atoms with Gasteiger partial charge in [-0.3, -0.25) is 49.0 Å².